The number of nitrogen functional groups attached to an aromatic ring is 1. The van der Waals surface area contributed by atoms with E-state index in [1.54, 1.807) is 35.0 Å². The lowest BCUT2D eigenvalue weighted by Crippen LogP contribution is -2.31. The van der Waals surface area contributed by atoms with Crippen molar-refractivity contribution in [1.82, 2.24) is 14.5 Å². The van der Waals surface area contributed by atoms with Crippen molar-refractivity contribution in [2.45, 2.75) is 30.8 Å². The lowest BCUT2D eigenvalue weighted by Gasteiger charge is -2.22. The molecule has 1 aliphatic heterocycles. The number of ether oxygens (including phenoxy) is 1. The topological polar surface area (TPSA) is 123 Å². The van der Waals surface area contributed by atoms with Crippen LogP contribution in [0.1, 0.15) is 34.5 Å². The number of cyclic esters (lactones) is 1. The minimum Gasteiger partial charge on any atom is -0.453 e. The Hall–Kier alpha value is -2.68. The first-order chi connectivity index (χ1) is 13.5. The zero-order valence-corrected chi connectivity index (χ0v) is 15.3. The molecule has 0 amide bonds. The molecule has 5 rings (SSSR count). The van der Waals surface area contributed by atoms with Crippen molar-refractivity contribution in [3.63, 3.8) is 0 Å². The normalized spacial score (nSPS) is 29.2. The van der Waals surface area contributed by atoms with Crippen LogP contribution in [0, 0.1) is 5.92 Å². The lowest BCUT2D eigenvalue weighted by atomic mass is 9.91. The average molecular weight is 401 g/mol. The molecule has 0 unspecified atom stereocenters. The van der Waals surface area contributed by atoms with Gasteiger partial charge in [-0.25, -0.2) is 14.8 Å². The van der Waals surface area contributed by atoms with E-state index in [1.165, 1.54) is 6.33 Å². The molecule has 0 saturated heterocycles. The molecule has 144 valence electrons. The van der Waals surface area contributed by atoms with Gasteiger partial charge in [0.1, 0.15) is 30.0 Å². The van der Waals surface area contributed by atoms with Gasteiger partial charge < -0.3 is 25.3 Å². The summed E-state index contributed by atoms with van der Waals surface area (Å²) in [4.78, 5) is 20.5. The molecule has 28 heavy (non-hydrogen) atoms. The second-order valence-electron chi connectivity index (χ2n) is 7.22. The SMILES string of the molecule is Nc1ncnc2c1ccn2[C@@H]1C[C@H]([C@@H]2OC(=O)c3cc(Cl)ccc32)[C@@H](O)[C@H]1O. The van der Waals surface area contributed by atoms with Crippen LogP contribution in [0.15, 0.2) is 36.8 Å². The van der Waals surface area contributed by atoms with Crippen LogP contribution in [0.3, 0.4) is 0 Å². The first-order valence-corrected chi connectivity index (χ1v) is 9.27. The molecule has 0 radical (unpaired) electrons. The van der Waals surface area contributed by atoms with Crippen molar-refractivity contribution in [2.75, 3.05) is 5.73 Å². The highest BCUT2D eigenvalue weighted by Crippen LogP contribution is 2.48. The number of nitrogens with zero attached hydrogens (tertiary/aromatic N) is 3. The highest BCUT2D eigenvalue weighted by atomic mass is 35.5. The molecule has 1 fully saturated rings. The molecule has 1 aliphatic carbocycles. The van der Waals surface area contributed by atoms with Crippen LogP contribution in [-0.4, -0.2) is 42.9 Å². The predicted octanol–water partition coefficient (Wildman–Crippen LogP) is 1.86. The average Bonchev–Trinajstić information content (AvgIpc) is 3.32. The number of hydrogen-bond acceptors (Lipinski definition) is 7. The minimum atomic E-state index is -1.07. The number of benzene rings is 1. The fraction of sp³-hybridized carbons (Fsp3) is 0.316. The number of carbonyl (C=O) groups excluding carboxylic acids is 1. The van der Waals surface area contributed by atoms with Gasteiger partial charge in [0, 0.05) is 22.7 Å². The second-order valence-corrected chi connectivity index (χ2v) is 7.66. The molecule has 2 aromatic heterocycles. The van der Waals surface area contributed by atoms with E-state index < -0.39 is 36.2 Å². The van der Waals surface area contributed by atoms with E-state index in [0.717, 1.165) is 0 Å². The Morgan fingerprint density at radius 2 is 2.04 bits per heavy atom. The number of fused-ring (bicyclic) bond motifs is 2. The molecule has 3 aromatic rings. The number of carbonyl (C=O) groups is 1. The maximum absolute atomic E-state index is 12.2. The highest BCUT2D eigenvalue weighted by molar-refractivity contribution is 6.31. The summed E-state index contributed by atoms with van der Waals surface area (Å²) in [5.74, 6) is -0.591. The van der Waals surface area contributed by atoms with Crippen molar-refractivity contribution in [3.05, 3.63) is 52.9 Å². The van der Waals surface area contributed by atoms with Gasteiger partial charge in [-0.2, -0.15) is 0 Å². The van der Waals surface area contributed by atoms with Crippen LogP contribution in [-0.2, 0) is 4.74 Å². The Morgan fingerprint density at radius 3 is 2.86 bits per heavy atom. The van der Waals surface area contributed by atoms with Gasteiger partial charge in [-0.15, -0.1) is 0 Å². The molecule has 5 atom stereocenters. The summed E-state index contributed by atoms with van der Waals surface area (Å²) in [5.41, 5.74) is 7.55. The number of aliphatic hydroxyl groups is 2. The maximum atomic E-state index is 12.2. The van der Waals surface area contributed by atoms with Crippen molar-refractivity contribution in [2.24, 2.45) is 5.92 Å². The van der Waals surface area contributed by atoms with Crippen LogP contribution in [0.5, 0.6) is 0 Å². The molecule has 0 spiro atoms. The van der Waals surface area contributed by atoms with Gasteiger partial charge in [0.25, 0.3) is 0 Å². The Morgan fingerprint density at radius 1 is 1.21 bits per heavy atom. The number of esters is 1. The number of rotatable bonds is 2. The van der Waals surface area contributed by atoms with Gasteiger partial charge in [-0.3, -0.25) is 0 Å². The largest absolute Gasteiger partial charge is 0.453 e. The third kappa shape index (κ3) is 2.42. The predicted molar refractivity (Wildman–Crippen MR) is 101 cm³/mol. The van der Waals surface area contributed by atoms with Crippen molar-refractivity contribution in [3.8, 4) is 0 Å². The molecular weight excluding hydrogens is 384 g/mol. The Bertz CT molecular complexity index is 1100. The van der Waals surface area contributed by atoms with Crippen molar-refractivity contribution >= 4 is 34.4 Å². The fourth-order valence-electron chi connectivity index (χ4n) is 4.39. The standard InChI is InChI=1S/C19H17ClN4O4/c20-8-1-2-9-11(5-8)19(27)28-16(9)12-6-13(15(26)14(12)25)24-4-3-10-17(21)22-7-23-18(10)24/h1-5,7,12-16,25-26H,6H2,(H2,21,22,23)/t12-,13+,14+,15-,16+/m0/s1. The van der Waals surface area contributed by atoms with Crippen LogP contribution in [0.4, 0.5) is 5.82 Å². The van der Waals surface area contributed by atoms with E-state index in [1.807, 2.05) is 0 Å². The number of aliphatic hydroxyl groups excluding tert-OH is 2. The lowest BCUT2D eigenvalue weighted by molar-refractivity contribution is -0.0332. The molecule has 0 bridgehead atoms. The molecule has 4 N–H and O–H groups in total. The fourth-order valence-corrected chi connectivity index (χ4v) is 4.56. The van der Waals surface area contributed by atoms with E-state index in [0.29, 0.717) is 39.4 Å². The van der Waals surface area contributed by atoms with Crippen molar-refractivity contribution in [1.29, 1.82) is 0 Å². The summed E-state index contributed by atoms with van der Waals surface area (Å²) < 4.78 is 7.33. The van der Waals surface area contributed by atoms with Gasteiger partial charge in [0.2, 0.25) is 0 Å². The third-order valence-electron chi connectivity index (χ3n) is 5.76. The summed E-state index contributed by atoms with van der Waals surface area (Å²) in [6, 6.07) is 6.32. The molecule has 8 nitrogen and oxygen atoms in total. The summed E-state index contributed by atoms with van der Waals surface area (Å²) in [6.45, 7) is 0. The van der Waals surface area contributed by atoms with Gasteiger partial charge >= 0.3 is 5.97 Å². The van der Waals surface area contributed by atoms with Crippen LogP contribution >= 0.6 is 11.6 Å². The maximum Gasteiger partial charge on any atom is 0.339 e. The first kappa shape index (κ1) is 17.4. The van der Waals surface area contributed by atoms with Crippen LogP contribution in [0.25, 0.3) is 11.0 Å². The molecule has 1 aromatic carbocycles. The number of nitrogens with two attached hydrogens (primary N) is 1. The minimum absolute atomic E-state index is 0.351. The van der Waals surface area contributed by atoms with Gasteiger partial charge in [-0.05, 0) is 24.6 Å². The van der Waals surface area contributed by atoms with E-state index >= 15 is 0 Å². The Balaban J connectivity index is 1.51. The van der Waals surface area contributed by atoms with E-state index in [9.17, 15) is 15.0 Å². The van der Waals surface area contributed by atoms with E-state index in [-0.39, 0.29) is 0 Å². The first-order valence-electron chi connectivity index (χ1n) is 8.89. The Kier molecular flexibility index (Phi) is 3.84. The molecule has 9 heteroatoms. The molecule has 1 saturated carbocycles. The molecule has 3 heterocycles. The van der Waals surface area contributed by atoms with Crippen LogP contribution in [0.2, 0.25) is 5.02 Å². The summed E-state index contributed by atoms with van der Waals surface area (Å²) >= 11 is 5.98. The number of halogens is 1. The number of aromatic nitrogens is 3. The summed E-state index contributed by atoms with van der Waals surface area (Å²) in [5, 5.41) is 22.6. The van der Waals surface area contributed by atoms with Gasteiger partial charge in [0.05, 0.1) is 23.1 Å². The van der Waals surface area contributed by atoms with Crippen molar-refractivity contribution < 1.29 is 19.7 Å². The number of hydrogen-bond donors (Lipinski definition) is 3. The van der Waals surface area contributed by atoms with E-state index in [2.05, 4.69) is 9.97 Å². The van der Waals surface area contributed by atoms with Crippen LogP contribution < -0.4 is 5.73 Å². The summed E-state index contributed by atoms with van der Waals surface area (Å²) in [7, 11) is 0. The number of anilines is 1. The smallest absolute Gasteiger partial charge is 0.339 e. The Labute approximate surface area is 164 Å². The van der Waals surface area contributed by atoms with Gasteiger partial charge in [0.15, 0.2) is 0 Å². The second kappa shape index (κ2) is 6.16. The monoisotopic (exact) mass is 400 g/mol. The zero-order valence-electron chi connectivity index (χ0n) is 14.6. The zero-order chi connectivity index (χ0) is 19.6. The molecular formula is C19H17ClN4O4. The van der Waals surface area contributed by atoms with Gasteiger partial charge in [-0.1, -0.05) is 17.7 Å². The third-order valence-corrected chi connectivity index (χ3v) is 5.99. The molecule has 2 aliphatic rings. The van der Waals surface area contributed by atoms with E-state index in [4.69, 9.17) is 22.1 Å². The highest BCUT2D eigenvalue weighted by Gasteiger charge is 2.50. The quantitative estimate of drug-likeness (QED) is 0.561. The summed E-state index contributed by atoms with van der Waals surface area (Å²) in [6.07, 6.45) is 0.773.